The van der Waals surface area contributed by atoms with E-state index in [1.165, 1.54) is 19.4 Å². The molecule has 2 rings (SSSR count). The Morgan fingerprint density at radius 1 is 1.55 bits per heavy atom. The van der Waals surface area contributed by atoms with Gasteiger partial charge in [-0.25, -0.2) is 0 Å². The minimum absolute atomic E-state index is 0.508. The highest BCUT2D eigenvalue weighted by Gasteiger charge is 2.31. The standard InChI is InChI=1S/C8H14N2O/c1-11-8-7-3-2-5-10(7)6-4-9-8/h7H,2-6H2,1H3. The molecule has 11 heavy (non-hydrogen) atoms. The zero-order chi connectivity index (χ0) is 7.68. The first-order valence-electron chi connectivity index (χ1n) is 4.24. The number of methoxy groups -OCH3 is 1. The lowest BCUT2D eigenvalue weighted by molar-refractivity contribution is 0.251. The second-order valence-corrected chi connectivity index (χ2v) is 3.12. The fraction of sp³-hybridized carbons (Fsp3) is 0.875. The number of ether oxygens (including phenoxy) is 1. The summed E-state index contributed by atoms with van der Waals surface area (Å²) in [5.41, 5.74) is 0. The van der Waals surface area contributed by atoms with Crippen LogP contribution < -0.4 is 0 Å². The Hall–Kier alpha value is -0.570. The smallest absolute Gasteiger partial charge is 0.200 e. The molecule has 0 bridgehead atoms. The van der Waals surface area contributed by atoms with Gasteiger partial charge < -0.3 is 4.74 Å². The lowest BCUT2D eigenvalue weighted by Gasteiger charge is -2.27. The van der Waals surface area contributed by atoms with Gasteiger partial charge in [0.05, 0.1) is 19.7 Å². The van der Waals surface area contributed by atoms with Crippen molar-refractivity contribution >= 4 is 5.90 Å². The van der Waals surface area contributed by atoms with Crippen LogP contribution in [-0.2, 0) is 4.74 Å². The zero-order valence-electron chi connectivity index (χ0n) is 6.92. The van der Waals surface area contributed by atoms with E-state index in [9.17, 15) is 0 Å². The van der Waals surface area contributed by atoms with E-state index < -0.39 is 0 Å². The maximum atomic E-state index is 5.21. The summed E-state index contributed by atoms with van der Waals surface area (Å²) in [5, 5.41) is 0. The third kappa shape index (κ3) is 1.13. The Labute approximate surface area is 67.1 Å². The first kappa shape index (κ1) is 7.10. The van der Waals surface area contributed by atoms with Crippen molar-refractivity contribution in [2.45, 2.75) is 18.9 Å². The van der Waals surface area contributed by atoms with Crippen LogP contribution in [0.2, 0.25) is 0 Å². The van der Waals surface area contributed by atoms with Crippen molar-refractivity contribution in [2.24, 2.45) is 4.99 Å². The van der Waals surface area contributed by atoms with Gasteiger partial charge in [-0.15, -0.1) is 0 Å². The van der Waals surface area contributed by atoms with Crippen molar-refractivity contribution in [2.75, 3.05) is 26.7 Å². The van der Waals surface area contributed by atoms with Gasteiger partial charge in [0.25, 0.3) is 0 Å². The molecule has 0 spiro atoms. The molecule has 0 aromatic rings. The summed E-state index contributed by atoms with van der Waals surface area (Å²) in [7, 11) is 1.72. The molecular formula is C8H14N2O. The van der Waals surface area contributed by atoms with E-state index in [-0.39, 0.29) is 0 Å². The van der Waals surface area contributed by atoms with Crippen molar-refractivity contribution in [1.29, 1.82) is 0 Å². The number of rotatable bonds is 0. The first-order chi connectivity index (χ1) is 5.42. The van der Waals surface area contributed by atoms with Gasteiger partial charge in [-0.2, -0.15) is 0 Å². The van der Waals surface area contributed by atoms with Crippen LogP contribution in [0.5, 0.6) is 0 Å². The van der Waals surface area contributed by atoms with Crippen molar-refractivity contribution in [3.63, 3.8) is 0 Å². The fourth-order valence-electron chi connectivity index (χ4n) is 1.97. The van der Waals surface area contributed by atoms with Crippen LogP contribution in [0, 0.1) is 0 Å². The number of hydrogen-bond donors (Lipinski definition) is 0. The fourth-order valence-corrected chi connectivity index (χ4v) is 1.97. The summed E-state index contributed by atoms with van der Waals surface area (Å²) in [6.45, 7) is 3.27. The third-order valence-corrected chi connectivity index (χ3v) is 2.51. The molecule has 62 valence electrons. The van der Waals surface area contributed by atoms with E-state index in [1.807, 2.05) is 0 Å². The highest BCUT2D eigenvalue weighted by molar-refractivity contribution is 5.82. The zero-order valence-corrected chi connectivity index (χ0v) is 6.92. The van der Waals surface area contributed by atoms with Gasteiger partial charge in [0.15, 0.2) is 0 Å². The van der Waals surface area contributed by atoms with E-state index in [2.05, 4.69) is 9.89 Å². The molecule has 1 unspecified atom stereocenters. The molecule has 0 saturated carbocycles. The molecule has 1 saturated heterocycles. The van der Waals surface area contributed by atoms with Crippen LogP contribution in [0.3, 0.4) is 0 Å². The Morgan fingerprint density at radius 3 is 3.27 bits per heavy atom. The van der Waals surface area contributed by atoms with E-state index >= 15 is 0 Å². The average molecular weight is 154 g/mol. The van der Waals surface area contributed by atoms with Crippen LogP contribution in [0.1, 0.15) is 12.8 Å². The van der Waals surface area contributed by atoms with Gasteiger partial charge >= 0.3 is 0 Å². The van der Waals surface area contributed by atoms with E-state index in [4.69, 9.17) is 4.74 Å². The predicted molar refractivity (Wildman–Crippen MR) is 43.9 cm³/mol. The molecule has 0 aromatic carbocycles. The molecule has 2 aliphatic rings. The molecule has 0 aromatic heterocycles. The van der Waals surface area contributed by atoms with Crippen molar-refractivity contribution in [1.82, 2.24) is 4.90 Å². The molecule has 3 heteroatoms. The largest absolute Gasteiger partial charge is 0.483 e. The Morgan fingerprint density at radius 2 is 2.45 bits per heavy atom. The number of nitrogens with zero attached hydrogens (tertiary/aromatic N) is 2. The first-order valence-corrected chi connectivity index (χ1v) is 4.24. The van der Waals surface area contributed by atoms with Crippen LogP contribution in [0.25, 0.3) is 0 Å². The summed E-state index contributed by atoms with van der Waals surface area (Å²) in [6, 6.07) is 0.508. The number of aliphatic imine (C=N–C) groups is 1. The molecule has 1 fully saturated rings. The highest BCUT2D eigenvalue weighted by atomic mass is 16.5. The van der Waals surface area contributed by atoms with Gasteiger partial charge in [0, 0.05) is 6.54 Å². The SMILES string of the molecule is COC1=NCCN2CCCC12. The lowest BCUT2D eigenvalue weighted by Crippen LogP contribution is -2.42. The van der Waals surface area contributed by atoms with Gasteiger partial charge in [0.2, 0.25) is 5.90 Å². The molecule has 0 radical (unpaired) electrons. The Balaban J connectivity index is 2.13. The second kappa shape index (κ2) is 2.81. The number of hydrogen-bond acceptors (Lipinski definition) is 3. The van der Waals surface area contributed by atoms with Crippen molar-refractivity contribution in [3.8, 4) is 0 Å². The Kier molecular flexibility index (Phi) is 1.82. The second-order valence-electron chi connectivity index (χ2n) is 3.12. The summed E-state index contributed by atoms with van der Waals surface area (Å²) in [5.74, 6) is 0.953. The molecule has 0 amide bonds. The van der Waals surface area contributed by atoms with Crippen LogP contribution in [0.15, 0.2) is 4.99 Å². The summed E-state index contributed by atoms with van der Waals surface area (Å²) >= 11 is 0. The normalized spacial score (nSPS) is 31.4. The third-order valence-electron chi connectivity index (χ3n) is 2.51. The maximum Gasteiger partial charge on any atom is 0.200 e. The monoisotopic (exact) mass is 154 g/mol. The Bertz CT molecular complexity index is 179. The van der Waals surface area contributed by atoms with E-state index in [0.29, 0.717) is 6.04 Å². The van der Waals surface area contributed by atoms with E-state index in [1.54, 1.807) is 7.11 Å². The minimum atomic E-state index is 0.508. The number of fused-ring (bicyclic) bond motifs is 1. The average Bonchev–Trinajstić information content (AvgIpc) is 2.50. The lowest BCUT2D eigenvalue weighted by atomic mass is 10.2. The molecule has 2 aliphatic heterocycles. The molecule has 3 nitrogen and oxygen atoms in total. The van der Waals surface area contributed by atoms with E-state index in [0.717, 1.165) is 19.0 Å². The topological polar surface area (TPSA) is 24.8 Å². The molecule has 2 heterocycles. The van der Waals surface area contributed by atoms with Gasteiger partial charge in [-0.3, -0.25) is 9.89 Å². The maximum absolute atomic E-state index is 5.21. The molecule has 1 atom stereocenters. The summed E-state index contributed by atoms with van der Waals surface area (Å²) in [4.78, 5) is 6.81. The van der Waals surface area contributed by atoms with Gasteiger partial charge in [-0.1, -0.05) is 0 Å². The molecule has 0 aliphatic carbocycles. The molecular weight excluding hydrogens is 140 g/mol. The molecule has 0 N–H and O–H groups in total. The highest BCUT2D eigenvalue weighted by Crippen LogP contribution is 2.20. The van der Waals surface area contributed by atoms with Crippen molar-refractivity contribution < 1.29 is 4.74 Å². The summed E-state index contributed by atoms with van der Waals surface area (Å²) < 4.78 is 5.21. The predicted octanol–water partition coefficient (Wildman–Crippen LogP) is 0.509. The van der Waals surface area contributed by atoms with Gasteiger partial charge in [-0.05, 0) is 19.4 Å². The quantitative estimate of drug-likeness (QED) is 0.508. The van der Waals surface area contributed by atoms with Crippen LogP contribution in [0.4, 0.5) is 0 Å². The van der Waals surface area contributed by atoms with Crippen molar-refractivity contribution in [3.05, 3.63) is 0 Å². The minimum Gasteiger partial charge on any atom is -0.483 e. The summed E-state index contributed by atoms with van der Waals surface area (Å²) in [6.07, 6.45) is 2.53. The van der Waals surface area contributed by atoms with Crippen LogP contribution in [-0.4, -0.2) is 43.6 Å². The van der Waals surface area contributed by atoms with Crippen LogP contribution >= 0.6 is 0 Å². The van der Waals surface area contributed by atoms with Gasteiger partial charge in [0.1, 0.15) is 0 Å².